The predicted molar refractivity (Wildman–Crippen MR) is 104 cm³/mol. The molecule has 0 aliphatic heterocycles. The second-order valence-electron chi connectivity index (χ2n) is 5.52. The standard InChI is InChI=1S/C17H20N4O.HI/c1-22-14-7-3-2-6-13(14)17(9-10-17)12-20-16(18)21-15-8-4-5-11-19-15;/h2-8,11H,9-10,12H2,1H3,(H3,18,19,20,21);1H. The first-order valence-corrected chi connectivity index (χ1v) is 7.35. The van der Waals surface area contributed by atoms with Crippen LogP contribution in [0.15, 0.2) is 53.7 Å². The van der Waals surface area contributed by atoms with Gasteiger partial charge in [-0.2, -0.15) is 0 Å². The number of methoxy groups -OCH3 is 1. The van der Waals surface area contributed by atoms with Crippen molar-refractivity contribution >= 4 is 35.8 Å². The van der Waals surface area contributed by atoms with Gasteiger partial charge in [-0.15, -0.1) is 24.0 Å². The molecule has 1 aliphatic carbocycles. The molecule has 3 rings (SSSR count). The SMILES string of the molecule is COc1ccccc1C1(CN=C(N)Nc2ccccn2)CC1.I. The van der Waals surface area contributed by atoms with E-state index in [-0.39, 0.29) is 29.4 Å². The highest BCUT2D eigenvalue weighted by Gasteiger charge is 2.45. The molecule has 0 bridgehead atoms. The Hall–Kier alpha value is -1.83. The Balaban J connectivity index is 0.00000192. The van der Waals surface area contributed by atoms with Gasteiger partial charge in [0.05, 0.1) is 13.7 Å². The molecule has 6 heteroatoms. The van der Waals surface area contributed by atoms with E-state index in [0.29, 0.717) is 18.3 Å². The van der Waals surface area contributed by atoms with Crippen molar-refractivity contribution in [1.29, 1.82) is 0 Å². The number of pyridine rings is 1. The molecule has 1 fully saturated rings. The van der Waals surface area contributed by atoms with Gasteiger partial charge in [0.15, 0.2) is 5.96 Å². The predicted octanol–water partition coefficient (Wildman–Crippen LogP) is 3.17. The topological polar surface area (TPSA) is 72.5 Å². The third-order valence-corrected chi connectivity index (χ3v) is 4.00. The third-order valence-electron chi connectivity index (χ3n) is 4.00. The van der Waals surface area contributed by atoms with Crippen molar-refractivity contribution in [3.8, 4) is 5.75 Å². The van der Waals surface area contributed by atoms with Crippen LogP contribution in [0.1, 0.15) is 18.4 Å². The van der Waals surface area contributed by atoms with Crippen LogP contribution in [0.4, 0.5) is 5.82 Å². The lowest BCUT2D eigenvalue weighted by Gasteiger charge is -2.17. The number of aliphatic imine (C=N–C) groups is 1. The summed E-state index contributed by atoms with van der Waals surface area (Å²) in [6.45, 7) is 0.652. The van der Waals surface area contributed by atoms with Gasteiger partial charge in [0.1, 0.15) is 11.6 Å². The Labute approximate surface area is 153 Å². The van der Waals surface area contributed by atoms with Crippen molar-refractivity contribution < 1.29 is 4.74 Å². The number of anilines is 1. The minimum atomic E-state index is 0. The zero-order chi connectivity index (χ0) is 15.4. The summed E-state index contributed by atoms with van der Waals surface area (Å²) in [6.07, 6.45) is 3.92. The summed E-state index contributed by atoms with van der Waals surface area (Å²) >= 11 is 0. The number of halogens is 1. The van der Waals surface area contributed by atoms with Crippen LogP contribution in [0.5, 0.6) is 5.75 Å². The maximum Gasteiger partial charge on any atom is 0.194 e. The van der Waals surface area contributed by atoms with Crippen molar-refractivity contribution in [3.05, 3.63) is 54.2 Å². The van der Waals surface area contributed by atoms with Gasteiger partial charge in [0, 0.05) is 17.2 Å². The van der Waals surface area contributed by atoms with E-state index in [4.69, 9.17) is 10.5 Å². The molecule has 1 aromatic carbocycles. The molecule has 2 aromatic rings. The summed E-state index contributed by atoms with van der Waals surface area (Å²) in [4.78, 5) is 8.67. The van der Waals surface area contributed by atoms with E-state index in [1.165, 1.54) is 5.56 Å². The van der Waals surface area contributed by atoms with Gasteiger partial charge in [-0.05, 0) is 31.0 Å². The van der Waals surface area contributed by atoms with Crippen LogP contribution in [-0.4, -0.2) is 24.6 Å². The number of guanidine groups is 1. The number of nitrogens with one attached hydrogen (secondary N) is 1. The fourth-order valence-electron chi connectivity index (χ4n) is 2.59. The van der Waals surface area contributed by atoms with Gasteiger partial charge in [0.25, 0.3) is 0 Å². The van der Waals surface area contributed by atoms with Crippen molar-refractivity contribution in [2.75, 3.05) is 19.0 Å². The Morgan fingerprint density at radius 3 is 2.65 bits per heavy atom. The second kappa shape index (κ2) is 7.63. The number of hydrogen-bond donors (Lipinski definition) is 2. The molecule has 0 saturated heterocycles. The number of para-hydroxylation sites is 1. The zero-order valence-electron chi connectivity index (χ0n) is 13.0. The lowest BCUT2D eigenvalue weighted by Crippen LogP contribution is -2.25. The molecule has 3 N–H and O–H groups in total. The quantitative estimate of drug-likeness (QED) is 0.440. The summed E-state index contributed by atoms with van der Waals surface area (Å²) in [7, 11) is 1.70. The van der Waals surface area contributed by atoms with E-state index < -0.39 is 0 Å². The zero-order valence-corrected chi connectivity index (χ0v) is 15.4. The van der Waals surface area contributed by atoms with Gasteiger partial charge < -0.3 is 15.8 Å². The fraction of sp³-hybridized carbons (Fsp3) is 0.294. The van der Waals surface area contributed by atoms with Gasteiger partial charge >= 0.3 is 0 Å². The maximum absolute atomic E-state index is 5.96. The Morgan fingerprint density at radius 2 is 2.00 bits per heavy atom. The maximum atomic E-state index is 5.96. The van der Waals surface area contributed by atoms with Gasteiger partial charge in [-0.25, -0.2) is 4.98 Å². The minimum Gasteiger partial charge on any atom is -0.496 e. The van der Waals surface area contributed by atoms with E-state index >= 15 is 0 Å². The smallest absolute Gasteiger partial charge is 0.194 e. The molecule has 122 valence electrons. The summed E-state index contributed by atoms with van der Waals surface area (Å²) in [6, 6.07) is 13.8. The molecule has 0 amide bonds. The number of nitrogens with zero attached hydrogens (tertiary/aromatic N) is 2. The molecule has 1 aliphatic rings. The summed E-state index contributed by atoms with van der Waals surface area (Å²) in [5.41, 5.74) is 7.23. The van der Waals surface area contributed by atoms with Crippen LogP contribution in [0.25, 0.3) is 0 Å². The van der Waals surface area contributed by atoms with E-state index in [0.717, 1.165) is 18.6 Å². The minimum absolute atomic E-state index is 0. The Bertz CT molecular complexity index is 671. The van der Waals surface area contributed by atoms with Crippen molar-refractivity contribution in [2.45, 2.75) is 18.3 Å². The van der Waals surface area contributed by atoms with Crippen LogP contribution in [-0.2, 0) is 5.41 Å². The van der Waals surface area contributed by atoms with E-state index in [2.05, 4.69) is 21.4 Å². The largest absolute Gasteiger partial charge is 0.496 e. The Morgan fingerprint density at radius 1 is 1.26 bits per heavy atom. The van der Waals surface area contributed by atoms with Gasteiger partial charge in [-0.3, -0.25) is 4.99 Å². The monoisotopic (exact) mass is 424 g/mol. The first-order valence-electron chi connectivity index (χ1n) is 7.35. The number of aromatic nitrogens is 1. The fourth-order valence-corrected chi connectivity index (χ4v) is 2.59. The van der Waals surface area contributed by atoms with Crippen molar-refractivity contribution in [3.63, 3.8) is 0 Å². The lowest BCUT2D eigenvalue weighted by molar-refractivity contribution is 0.404. The van der Waals surface area contributed by atoms with Crippen molar-refractivity contribution in [2.24, 2.45) is 10.7 Å². The van der Waals surface area contributed by atoms with Gasteiger partial charge in [0.2, 0.25) is 0 Å². The molecular formula is C17H21IN4O. The van der Waals surface area contributed by atoms with Crippen LogP contribution < -0.4 is 15.8 Å². The molecule has 0 unspecified atom stereocenters. The molecular weight excluding hydrogens is 403 g/mol. The number of benzene rings is 1. The van der Waals surface area contributed by atoms with Crippen LogP contribution in [0.2, 0.25) is 0 Å². The van der Waals surface area contributed by atoms with Crippen LogP contribution >= 0.6 is 24.0 Å². The van der Waals surface area contributed by atoms with Crippen LogP contribution in [0, 0.1) is 0 Å². The molecule has 23 heavy (non-hydrogen) atoms. The van der Waals surface area contributed by atoms with E-state index in [9.17, 15) is 0 Å². The normalized spacial score (nSPS) is 15.4. The van der Waals surface area contributed by atoms with Gasteiger partial charge in [-0.1, -0.05) is 24.3 Å². The highest BCUT2D eigenvalue weighted by molar-refractivity contribution is 14.0. The summed E-state index contributed by atoms with van der Waals surface area (Å²) < 4.78 is 5.47. The number of ether oxygens (including phenoxy) is 1. The average Bonchev–Trinajstić information content (AvgIpc) is 3.35. The second-order valence-corrected chi connectivity index (χ2v) is 5.52. The van der Waals surface area contributed by atoms with E-state index in [1.807, 2.05) is 36.4 Å². The van der Waals surface area contributed by atoms with Crippen LogP contribution in [0.3, 0.4) is 0 Å². The van der Waals surface area contributed by atoms with E-state index in [1.54, 1.807) is 13.3 Å². The lowest BCUT2D eigenvalue weighted by atomic mass is 9.95. The number of nitrogens with two attached hydrogens (primary N) is 1. The molecule has 1 heterocycles. The molecule has 5 nitrogen and oxygen atoms in total. The highest BCUT2D eigenvalue weighted by Crippen LogP contribution is 2.51. The third kappa shape index (κ3) is 4.13. The summed E-state index contributed by atoms with van der Waals surface area (Å²) in [5.74, 6) is 2.01. The highest BCUT2D eigenvalue weighted by atomic mass is 127. The summed E-state index contributed by atoms with van der Waals surface area (Å²) in [5, 5.41) is 3.01. The average molecular weight is 424 g/mol. The number of hydrogen-bond acceptors (Lipinski definition) is 3. The number of rotatable bonds is 5. The molecule has 0 atom stereocenters. The van der Waals surface area contributed by atoms with Crippen molar-refractivity contribution in [1.82, 2.24) is 4.98 Å². The first kappa shape index (κ1) is 17.5. The first-order chi connectivity index (χ1) is 10.7. The Kier molecular flexibility index (Phi) is 5.81. The molecule has 0 radical (unpaired) electrons. The molecule has 0 spiro atoms. The molecule has 1 aromatic heterocycles. The molecule has 1 saturated carbocycles.